The molecule has 0 spiro atoms. The monoisotopic (exact) mass is 1050 g/mol. The molecular weight excluding hydrogens is 997 g/mol. The summed E-state index contributed by atoms with van der Waals surface area (Å²) in [5, 5.41) is 13.6. The summed E-state index contributed by atoms with van der Waals surface area (Å²) in [5.41, 5.74) is 1.59. The molecule has 3 fully saturated rings. The number of benzene rings is 3. The van der Waals surface area contributed by atoms with Crippen molar-refractivity contribution in [1.29, 1.82) is 0 Å². The molecule has 19 nitrogen and oxygen atoms in total. The number of halogens is 1. The van der Waals surface area contributed by atoms with Crippen LogP contribution in [0, 0.1) is 5.82 Å². The number of amides is 4. The van der Waals surface area contributed by atoms with Crippen molar-refractivity contribution in [1.82, 2.24) is 20.5 Å². The molecule has 4 aromatic rings. The number of nitrogens with zero attached hydrogens (tertiary/aromatic N) is 4. The first-order valence-corrected chi connectivity index (χ1v) is 25.9. The molecule has 2 bridgehead atoms. The molecule has 4 aliphatic rings. The lowest BCUT2D eigenvalue weighted by atomic mass is 9.93. The maximum atomic E-state index is 16.0. The second-order valence-corrected chi connectivity index (χ2v) is 21.4. The summed E-state index contributed by atoms with van der Waals surface area (Å²) in [6.45, 7) is 5.82. The Morgan fingerprint density at radius 3 is 2.14 bits per heavy atom. The number of ether oxygens (including phenoxy) is 5. The van der Waals surface area contributed by atoms with Crippen molar-refractivity contribution in [2.45, 2.75) is 101 Å². The predicted octanol–water partition coefficient (Wildman–Crippen LogP) is 6.40. The van der Waals surface area contributed by atoms with Gasteiger partial charge >= 0.3 is 14.1 Å². The highest BCUT2D eigenvalue weighted by molar-refractivity contribution is 8.00. The number of nitrogens with one attached hydrogen (secondary N) is 3. The van der Waals surface area contributed by atoms with Crippen molar-refractivity contribution in [3.8, 4) is 23.0 Å². The van der Waals surface area contributed by atoms with Crippen LogP contribution in [0.1, 0.15) is 80.1 Å². The zero-order chi connectivity index (χ0) is 52.7. The number of oxime groups is 1. The van der Waals surface area contributed by atoms with Crippen LogP contribution in [0.25, 0.3) is 0 Å². The molecule has 0 saturated carbocycles. The molecule has 390 valence electrons. The summed E-state index contributed by atoms with van der Waals surface area (Å²) < 4.78 is 49.0. The molecule has 2 unspecified atom stereocenters. The van der Waals surface area contributed by atoms with Crippen LogP contribution in [0.4, 0.5) is 14.3 Å². The summed E-state index contributed by atoms with van der Waals surface area (Å²) in [6, 6.07) is 16.6. The van der Waals surface area contributed by atoms with E-state index in [1.54, 1.807) is 39.9 Å². The quantitative estimate of drug-likeness (QED) is 0.0218. The lowest BCUT2D eigenvalue weighted by molar-refractivity contribution is -0.944. The molecule has 6 atom stereocenters. The summed E-state index contributed by atoms with van der Waals surface area (Å²) >= 11 is 2.55. The van der Waals surface area contributed by atoms with Gasteiger partial charge in [-0.1, -0.05) is 29.4 Å². The smallest absolute Gasteiger partial charge is 0.413 e. The summed E-state index contributed by atoms with van der Waals surface area (Å²) in [5.74, 6) is -0.723. The minimum Gasteiger partial charge on any atom is -0.543 e. The van der Waals surface area contributed by atoms with Crippen LogP contribution in [-0.2, 0) is 41.8 Å². The highest BCUT2D eigenvalue weighted by Crippen LogP contribution is 2.44. The van der Waals surface area contributed by atoms with Crippen LogP contribution in [-0.4, -0.2) is 133 Å². The molecular formula is C51H58BFN7O12S2+. The van der Waals surface area contributed by atoms with E-state index in [1.165, 1.54) is 29.3 Å². The highest BCUT2D eigenvalue weighted by atomic mass is 32.2. The van der Waals surface area contributed by atoms with Gasteiger partial charge in [0, 0.05) is 60.7 Å². The molecule has 3 N–H and O–H groups in total. The Morgan fingerprint density at radius 1 is 0.919 bits per heavy atom. The van der Waals surface area contributed by atoms with Crippen LogP contribution in [0.15, 0.2) is 83.0 Å². The lowest BCUT2D eigenvalue weighted by Gasteiger charge is -2.50. The van der Waals surface area contributed by atoms with Gasteiger partial charge in [-0.3, -0.25) is 24.5 Å². The van der Waals surface area contributed by atoms with Gasteiger partial charge in [-0.15, -0.1) is 23.1 Å². The number of fused-ring (bicyclic) bond motifs is 3. The van der Waals surface area contributed by atoms with Gasteiger partial charge in [0.25, 0.3) is 23.7 Å². The van der Waals surface area contributed by atoms with E-state index in [9.17, 15) is 24.0 Å². The van der Waals surface area contributed by atoms with Gasteiger partial charge in [0.1, 0.15) is 66.4 Å². The average molecular weight is 1060 g/mol. The van der Waals surface area contributed by atoms with E-state index in [0.29, 0.717) is 36.6 Å². The van der Waals surface area contributed by atoms with Crippen LogP contribution in [0.5, 0.6) is 23.0 Å². The summed E-state index contributed by atoms with van der Waals surface area (Å²) in [6.07, 6.45) is 4.17. The molecule has 74 heavy (non-hydrogen) atoms. The normalized spacial score (nSPS) is 22.0. The SMILES string of the molecule is [B]OC(=O)CCO/N=C(\C(=O)N[C@@H]1C(=O)N2C=C(C[N+]3(C)[C@@H]4CC[C@H]3CC(NC(=O)c3cc(OCc5ccc(OC)cc5)c(OCc5ccc(OC)cc5)cc3F)C4)CS[C@H]12)c1csc(NC(=O)OC(C)(C)C)n1. The second kappa shape index (κ2) is 23.1. The van der Waals surface area contributed by atoms with Gasteiger partial charge < -0.3 is 53.2 Å². The Morgan fingerprint density at radius 2 is 1.54 bits per heavy atom. The zero-order valence-corrected chi connectivity index (χ0v) is 43.5. The van der Waals surface area contributed by atoms with Crippen LogP contribution < -0.4 is 34.9 Å². The number of anilines is 1. The van der Waals surface area contributed by atoms with Gasteiger partial charge in [-0.05, 0) is 62.2 Å². The van der Waals surface area contributed by atoms with Crippen molar-refractivity contribution in [2.24, 2.45) is 5.16 Å². The molecule has 4 amide bonds. The fourth-order valence-electron chi connectivity index (χ4n) is 9.51. The van der Waals surface area contributed by atoms with Gasteiger partial charge in [-0.2, -0.15) is 0 Å². The van der Waals surface area contributed by atoms with Gasteiger partial charge in [0.2, 0.25) is 0 Å². The van der Waals surface area contributed by atoms with Crippen molar-refractivity contribution in [3.63, 3.8) is 0 Å². The summed E-state index contributed by atoms with van der Waals surface area (Å²) in [7, 11) is 10.3. The number of aromatic nitrogens is 1. The Kier molecular flexibility index (Phi) is 16.7. The van der Waals surface area contributed by atoms with E-state index in [4.69, 9.17) is 36.6 Å². The lowest BCUT2D eigenvalue weighted by Crippen LogP contribution is -2.69. The van der Waals surface area contributed by atoms with Crippen LogP contribution >= 0.6 is 23.1 Å². The van der Waals surface area contributed by atoms with Crippen molar-refractivity contribution in [2.75, 3.05) is 45.5 Å². The fourth-order valence-corrected chi connectivity index (χ4v) is 11.4. The number of rotatable bonds is 20. The number of carbonyl (C=O) groups excluding carboxylic acids is 5. The number of quaternary nitrogens is 1. The predicted molar refractivity (Wildman–Crippen MR) is 273 cm³/mol. The maximum absolute atomic E-state index is 16.0. The van der Waals surface area contributed by atoms with E-state index >= 15 is 4.39 Å². The number of piperidine rings is 1. The third-order valence-electron chi connectivity index (χ3n) is 13.3. The van der Waals surface area contributed by atoms with Gasteiger partial charge in [-0.25, -0.2) is 14.2 Å². The first-order valence-electron chi connectivity index (χ1n) is 23.9. The molecule has 4 aliphatic heterocycles. The molecule has 23 heteroatoms. The number of methoxy groups -OCH3 is 2. The molecule has 3 saturated heterocycles. The second-order valence-electron chi connectivity index (χ2n) is 19.4. The van der Waals surface area contributed by atoms with Crippen molar-refractivity contribution < 1.29 is 66.0 Å². The molecule has 5 heterocycles. The zero-order valence-electron chi connectivity index (χ0n) is 41.8. The van der Waals surface area contributed by atoms with Crippen molar-refractivity contribution >= 4 is 71.8 Å². The van der Waals surface area contributed by atoms with E-state index < -0.39 is 41.3 Å². The van der Waals surface area contributed by atoms with Crippen LogP contribution in [0.3, 0.4) is 0 Å². The first kappa shape index (κ1) is 53.4. The topological polar surface area (TPSA) is 215 Å². The minimum absolute atomic E-state index is 0.0471. The molecule has 0 aliphatic carbocycles. The maximum Gasteiger partial charge on any atom is 0.413 e. The van der Waals surface area contributed by atoms with Gasteiger partial charge in [0.15, 0.2) is 22.3 Å². The molecule has 3 aromatic carbocycles. The van der Waals surface area contributed by atoms with E-state index in [0.717, 1.165) is 45.4 Å². The molecule has 1 aromatic heterocycles. The Balaban J connectivity index is 0.888. The molecule has 2 radical (unpaired) electrons. The van der Waals surface area contributed by atoms with Gasteiger partial charge in [0.05, 0.1) is 45.3 Å². The summed E-state index contributed by atoms with van der Waals surface area (Å²) in [4.78, 5) is 76.5. The van der Waals surface area contributed by atoms with E-state index in [-0.39, 0.29) is 89.2 Å². The Hall–Kier alpha value is -6.85. The van der Waals surface area contributed by atoms with E-state index in [1.807, 2.05) is 54.7 Å². The number of likely N-dealkylation sites (N-methyl/N-ethyl adjacent to an activating group) is 1. The largest absolute Gasteiger partial charge is 0.543 e. The Bertz CT molecular complexity index is 2780. The average Bonchev–Trinajstić information content (AvgIpc) is 3.87. The number of carbonyl (C=O) groups is 5. The fraction of sp³-hybridized carbons (Fsp3) is 0.431. The van der Waals surface area contributed by atoms with Crippen LogP contribution in [0.2, 0.25) is 0 Å². The minimum atomic E-state index is -0.884. The Labute approximate surface area is 437 Å². The number of thiazole rings is 1. The number of hydrogen-bond acceptors (Lipinski definition) is 16. The van der Waals surface area contributed by atoms with Crippen molar-refractivity contribution in [3.05, 3.63) is 106 Å². The third-order valence-corrected chi connectivity index (χ3v) is 15.4. The third kappa shape index (κ3) is 12.7. The number of thioether (sulfide) groups is 1. The number of β-lactam (4-membered cyclic amide) rings is 1. The molecule has 8 rings (SSSR count). The number of hydrogen-bond donors (Lipinski definition) is 3. The highest BCUT2D eigenvalue weighted by Gasteiger charge is 2.54. The van der Waals surface area contributed by atoms with E-state index in [2.05, 4.69) is 37.8 Å². The first-order chi connectivity index (χ1) is 35.4. The standard InChI is InChI=1S/C51H57BFN7O12S2/c1-51(2,3)71-50(65)57-49-55-39(28-74-49)43(58-70-18-17-42(61)72-52)46(63)56-44-47(64)59-23-31(27-73-48(44)59)24-60(4)33-11-12-34(60)20-32(19-33)54-45(62)37-21-40(68-25-29-7-13-35(66-5)14-8-29)41(22-38(37)53)69-26-30-9-15-36(67-6)16-10-30/h7-10,13-16,21-23,28,32-34,44,48H,11-12,17-20,24-27H2,1-6H3,(H2-,54,55,56,57,62,63,65)/p+1/b58-43-/t32?,33-,34+,44-,48-,60?/m1/s1.